The second-order valence-corrected chi connectivity index (χ2v) is 9.87. The number of H-pyrrole nitrogens is 1. The zero-order valence-corrected chi connectivity index (χ0v) is 24.8. The lowest BCUT2D eigenvalue weighted by Gasteiger charge is -2.37. The van der Waals surface area contributed by atoms with E-state index in [1.165, 1.54) is 19.2 Å². The molecule has 44 heavy (non-hydrogen) atoms. The zero-order valence-electron chi connectivity index (χ0n) is 24.8. The van der Waals surface area contributed by atoms with Crippen LogP contribution in [0, 0.1) is 6.92 Å². The lowest BCUT2D eigenvalue weighted by molar-refractivity contribution is -0.137. The summed E-state index contributed by atoms with van der Waals surface area (Å²) >= 11 is 0. The van der Waals surface area contributed by atoms with Gasteiger partial charge in [-0.2, -0.15) is 0 Å². The van der Waals surface area contributed by atoms with E-state index in [1.54, 1.807) is 14.0 Å². The highest BCUT2D eigenvalue weighted by molar-refractivity contribution is 5.81. The first-order valence-corrected chi connectivity index (χ1v) is 14.1. The molecule has 1 heterocycles. The van der Waals surface area contributed by atoms with Gasteiger partial charge in [0.25, 0.3) is 5.56 Å². The summed E-state index contributed by atoms with van der Waals surface area (Å²) in [6.07, 6.45) is 1.62. The predicted octanol–water partition coefficient (Wildman–Crippen LogP) is 3.86. The molecule has 10 nitrogen and oxygen atoms in total. The SMILES string of the molecule is CCOC(=O)/C=C/[C@@H](O[C@@H](CO)COC(c1ccccc1)(c1ccccc1)c1ccc(OC)cc1)n1cc(C)c(=O)[nH]c1=O. The number of aryl methyl sites for hydroxylation is 1. The van der Waals surface area contributed by atoms with Crippen molar-refractivity contribution in [2.45, 2.75) is 31.8 Å². The van der Waals surface area contributed by atoms with Crippen LogP contribution >= 0.6 is 0 Å². The van der Waals surface area contributed by atoms with Crippen molar-refractivity contribution < 1.29 is 28.8 Å². The molecular weight excluding hydrogens is 564 g/mol. The van der Waals surface area contributed by atoms with Gasteiger partial charge in [-0.3, -0.25) is 14.3 Å². The molecule has 1 aromatic heterocycles. The number of carbonyl (C=O) groups is 1. The number of nitrogens with one attached hydrogen (secondary N) is 1. The van der Waals surface area contributed by atoms with Gasteiger partial charge in [-0.1, -0.05) is 72.8 Å². The highest BCUT2D eigenvalue weighted by atomic mass is 16.6. The Morgan fingerprint density at radius 3 is 2.09 bits per heavy atom. The van der Waals surface area contributed by atoms with Gasteiger partial charge in [0.2, 0.25) is 0 Å². The van der Waals surface area contributed by atoms with Crippen LogP contribution in [0.15, 0.2) is 113 Å². The standard InChI is InChI=1S/C34H36N2O8/c1-4-42-31(38)20-19-30(36-21-24(2)32(39)35-33(36)40)44-29(22-37)23-43-34(25-11-7-5-8-12-25,26-13-9-6-10-14-26)27-15-17-28(41-3)18-16-27/h5-21,29-30,37H,4,22-23H2,1-3H3,(H,35,39,40)/b20-19+/t29-,30+/m0/s1. The van der Waals surface area contributed by atoms with Crippen molar-refractivity contribution in [3.8, 4) is 5.75 Å². The van der Waals surface area contributed by atoms with Crippen molar-refractivity contribution in [2.24, 2.45) is 0 Å². The molecule has 0 aliphatic carbocycles. The van der Waals surface area contributed by atoms with Gasteiger partial charge in [0.05, 0.1) is 26.9 Å². The summed E-state index contributed by atoms with van der Waals surface area (Å²) < 4.78 is 24.5. The molecule has 0 fully saturated rings. The van der Waals surface area contributed by atoms with Crippen LogP contribution < -0.4 is 16.0 Å². The van der Waals surface area contributed by atoms with Gasteiger partial charge in [-0.15, -0.1) is 0 Å². The minimum absolute atomic E-state index is 0.132. The third-order valence-electron chi connectivity index (χ3n) is 6.98. The number of ether oxygens (including phenoxy) is 4. The molecule has 0 saturated heterocycles. The molecule has 2 atom stereocenters. The smallest absolute Gasteiger partial charge is 0.330 e. The van der Waals surface area contributed by atoms with E-state index in [4.69, 9.17) is 18.9 Å². The third kappa shape index (κ3) is 7.41. The molecule has 4 rings (SSSR count). The average Bonchev–Trinajstić information content (AvgIpc) is 3.05. The van der Waals surface area contributed by atoms with Crippen LogP contribution in [0.4, 0.5) is 0 Å². The quantitative estimate of drug-likeness (QED) is 0.127. The topological polar surface area (TPSA) is 129 Å². The first-order chi connectivity index (χ1) is 21.3. The fourth-order valence-corrected chi connectivity index (χ4v) is 4.80. The molecule has 230 valence electrons. The number of methoxy groups -OCH3 is 1. The summed E-state index contributed by atoms with van der Waals surface area (Å²) in [5.41, 5.74) is 0.297. The summed E-state index contributed by atoms with van der Waals surface area (Å²) in [4.78, 5) is 39.2. The molecule has 4 aromatic rings. The average molecular weight is 601 g/mol. The van der Waals surface area contributed by atoms with Crippen LogP contribution in [0.2, 0.25) is 0 Å². The molecule has 0 radical (unpaired) electrons. The minimum atomic E-state index is -1.19. The van der Waals surface area contributed by atoms with E-state index in [2.05, 4.69) is 4.98 Å². The number of hydrogen-bond acceptors (Lipinski definition) is 8. The largest absolute Gasteiger partial charge is 0.497 e. The number of aromatic amines is 1. The van der Waals surface area contributed by atoms with Crippen LogP contribution in [0.5, 0.6) is 5.75 Å². The van der Waals surface area contributed by atoms with Crippen LogP contribution in [0.3, 0.4) is 0 Å². The Kier molecular flexibility index (Phi) is 11.0. The predicted molar refractivity (Wildman–Crippen MR) is 165 cm³/mol. The number of aromatic nitrogens is 2. The Hall–Kier alpha value is -4.77. The second kappa shape index (κ2) is 15.1. The summed E-state index contributed by atoms with van der Waals surface area (Å²) in [6, 6.07) is 26.9. The highest BCUT2D eigenvalue weighted by Crippen LogP contribution is 2.41. The lowest BCUT2D eigenvalue weighted by atomic mass is 9.80. The first-order valence-electron chi connectivity index (χ1n) is 14.1. The molecule has 0 amide bonds. The minimum Gasteiger partial charge on any atom is -0.497 e. The van der Waals surface area contributed by atoms with Crippen LogP contribution in [0.1, 0.15) is 35.4 Å². The van der Waals surface area contributed by atoms with Crippen molar-refractivity contribution in [1.29, 1.82) is 0 Å². The van der Waals surface area contributed by atoms with Crippen molar-refractivity contribution in [2.75, 3.05) is 26.9 Å². The Morgan fingerprint density at radius 1 is 0.955 bits per heavy atom. The van der Waals surface area contributed by atoms with E-state index in [1.807, 2.05) is 84.9 Å². The highest BCUT2D eigenvalue weighted by Gasteiger charge is 2.38. The fraction of sp³-hybridized carbons (Fsp3) is 0.265. The van der Waals surface area contributed by atoms with E-state index in [9.17, 15) is 19.5 Å². The molecule has 10 heteroatoms. The molecule has 0 aliphatic heterocycles. The van der Waals surface area contributed by atoms with Crippen molar-refractivity contribution in [1.82, 2.24) is 9.55 Å². The maximum absolute atomic E-state index is 12.8. The summed E-state index contributed by atoms with van der Waals surface area (Å²) in [7, 11) is 1.60. The van der Waals surface area contributed by atoms with Gasteiger partial charge in [0.15, 0.2) is 6.23 Å². The zero-order chi connectivity index (χ0) is 31.5. The Balaban J connectivity index is 1.75. The molecule has 3 aromatic carbocycles. The van der Waals surface area contributed by atoms with Crippen LogP contribution in [-0.4, -0.2) is 53.7 Å². The van der Waals surface area contributed by atoms with E-state index in [0.29, 0.717) is 5.75 Å². The number of benzene rings is 3. The Bertz CT molecular complexity index is 1610. The summed E-state index contributed by atoms with van der Waals surface area (Å²) in [5, 5.41) is 10.4. The number of nitrogens with zero attached hydrogens (tertiary/aromatic N) is 1. The second-order valence-electron chi connectivity index (χ2n) is 9.87. The number of rotatable bonds is 14. The lowest BCUT2D eigenvalue weighted by Crippen LogP contribution is -2.39. The number of esters is 1. The fourth-order valence-electron chi connectivity index (χ4n) is 4.80. The van der Waals surface area contributed by atoms with Crippen LogP contribution in [-0.2, 0) is 24.6 Å². The van der Waals surface area contributed by atoms with Crippen molar-refractivity contribution in [3.63, 3.8) is 0 Å². The Labute approximate surface area is 255 Å². The molecule has 0 bridgehead atoms. The molecular formula is C34H36N2O8. The normalized spacial score (nSPS) is 13.0. The number of carbonyl (C=O) groups excluding carboxylic acids is 1. The van der Waals surface area contributed by atoms with E-state index < -0.39 is 41.8 Å². The van der Waals surface area contributed by atoms with Gasteiger partial charge in [-0.05, 0) is 48.7 Å². The Morgan fingerprint density at radius 2 is 1.55 bits per heavy atom. The molecule has 2 N–H and O–H groups in total. The van der Waals surface area contributed by atoms with Crippen molar-refractivity contribution >= 4 is 5.97 Å². The third-order valence-corrected chi connectivity index (χ3v) is 6.98. The van der Waals surface area contributed by atoms with Gasteiger partial charge >= 0.3 is 11.7 Å². The molecule has 0 aliphatic rings. The van der Waals surface area contributed by atoms with Gasteiger partial charge in [0, 0.05) is 17.8 Å². The van der Waals surface area contributed by atoms with Crippen LogP contribution in [0.25, 0.3) is 0 Å². The van der Waals surface area contributed by atoms with Gasteiger partial charge in [-0.25, -0.2) is 9.59 Å². The monoisotopic (exact) mass is 600 g/mol. The van der Waals surface area contributed by atoms with Gasteiger partial charge < -0.3 is 24.1 Å². The molecule has 0 saturated carbocycles. The van der Waals surface area contributed by atoms with Gasteiger partial charge in [0.1, 0.15) is 17.5 Å². The summed E-state index contributed by atoms with van der Waals surface area (Å²) in [6.45, 7) is 2.75. The maximum atomic E-state index is 12.8. The molecule has 0 spiro atoms. The van der Waals surface area contributed by atoms with Crippen molar-refractivity contribution in [3.05, 3.63) is 146 Å². The number of aliphatic hydroxyl groups excluding tert-OH is 1. The molecule has 0 unspecified atom stereocenters. The number of aliphatic hydroxyl groups is 1. The number of hydrogen-bond donors (Lipinski definition) is 2. The van der Waals surface area contributed by atoms with E-state index in [0.717, 1.165) is 27.3 Å². The first kappa shape index (κ1) is 32.2. The van der Waals surface area contributed by atoms with E-state index in [-0.39, 0.29) is 18.8 Å². The van der Waals surface area contributed by atoms with E-state index >= 15 is 0 Å². The maximum Gasteiger partial charge on any atom is 0.330 e. The summed E-state index contributed by atoms with van der Waals surface area (Å²) in [5.74, 6) is 0.0389.